The van der Waals surface area contributed by atoms with Gasteiger partial charge in [-0.3, -0.25) is 4.79 Å². The van der Waals surface area contributed by atoms with Gasteiger partial charge >= 0.3 is 0 Å². The van der Waals surface area contributed by atoms with Crippen LogP contribution in [0.2, 0.25) is 0 Å². The highest BCUT2D eigenvalue weighted by molar-refractivity contribution is 6.05. The summed E-state index contributed by atoms with van der Waals surface area (Å²) in [6, 6.07) is 16.3. The van der Waals surface area contributed by atoms with Crippen LogP contribution >= 0.6 is 0 Å². The van der Waals surface area contributed by atoms with Crippen LogP contribution in [0.1, 0.15) is 27.3 Å². The number of halogens is 1. The molecule has 0 spiro atoms. The first-order valence-corrected chi connectivity index (χ1v) is 9.35. The van der Waals surface area contributed by atoms with Crippen LogP contribution < -0.4 is 5.32 Å². The number of anilines is 1. The highest BCUT2D eigenvalue weighted by Gasteiger charge is 2.18. The second-order valence-corrected chi connectivity index (χ2v) is 7.28. The summed E-state index contributed by atoms with van der Waals surface area (Å²) in [6.07, 6.45) is 0.963. The van der Waals surface area contributed by atoms with Crippen molar-refractivity contribution in [3.05, 3.63) is 82.9 Å². The first-order valence-electron chi connectivity index (χ1n) is 9.35. The molecule has 0 saturated heterocycles. The van der Waals surface area contributed by atoms with E-state index in [1.54, 1.807) is 28.8 Å². The van der Waals surface area contributed by atoms with Gasteiger partial charge in [0.05, 0.1) is 11.3 Å². The predicted molar refractivity (Wildman–Crippen MR) is 112 cm³/mol. The summed E-state index contributed by atoms with van der Waals surface area (Å²) in [5, 5.41) is 2.94. The number of aromatic nitrogens is 1. The van der Waals surface area contributed by atoms with E-state index in [9.17, 15) is 9.18 Å². The quantitative estimate of drug-likeness (QED) is 0.680. The summed E-state index contributed by atoms with van der Waals surface area (Å²) in [5.74, 6) is -0.513. The molecule has 0 bridgehead atoms. The summed E-state index contributed by atoms with van der Waals surface area (Å²) < 4.78 is 16.0. The Kier molecular flexibility index (Phi) is 5.95. The molecule has 0 unspecified atom stereocenters. The third kappa shape index (κ3) is 4.31. The molecule has 5 heteroatoms. The predicted octanol–water partition coefficient (Wildman–Crippen LogP) is 4.59. The Balaban J connectivity index is 1.78. The molecular formula is C23H26FN3O. The Hall–Kier alpha value is -2.92. The van der Waals surface area contributed by atoms with Gasteiger partial charge in [0.15, 0.2) is 0 Å². The molecule has 1 amide bonds. The Labute approximate surface area is 165 Å². The number of aryl methyl sites for hydroxylation is 1. The summed E-state index contributed by atoms with van der Waals surface area (Å²) >= 11 is 0. The molecule has 4 nitrogen and oxygen atoms in total. The standard InChI is InChI=1S/C23H26FN3O/c1-16-15-20(17(2)27(16)22-8-6-5-7-21(22)24)23(28)25-19-11-9-18(10-12-19)13-14-26(3)4/h5-12,15H,13-14H2,1-4H3,(H,25,28). The number of rotatable bonds is 6. The maximum absolute atomic E-state index is 14.2. The van der Waals surface area contributed by atoms with E-state index in [-0.39, 0.29) is 11.7 Å². The monoisotopic (exact) mass is 379 g/mol. The molecule has 0 fully saturated rings. The molecule has 0 atom stereocenters. The number of para-hydroxylation sites is 1. The Morgan fingerprint density at radius 3 is 2.39 bits per heavy atom. The maximum atomic E-state index is 14.2. The van der Waals surface area contributed by atoms with Gasteiger partial charge in [-0.15, -0.1) is 0 Å². The minimum atomic E-state index is -0.315. The van der Waals surface area contributed by atoms with Crippen LogP contribution in [0, 0.1) is 19.7 Å². The highest BCUT2D eigenvalue weighted by Crippen LogP contribution is 2.23. The lowest BCUT2D eigenvalue weighted by Gasteiger charge is -2.11. The smallest absolute Gasteiger partial charge is 0.257 e. The van der Waals surface area contributed by atoms with Crippen molar-refractivity contribution < 1.29 is 9.18 Å². The van der Waals surface area contributed by atoms with Gasteiger partial charge in [0.2, 0.25) is 0 Å². The fraction of sp³-hybridized carbons (Fsp3) is 0.261. The Morgan fingerprint density at radius 1 is 1.07 bits per heavy atom. The third-order valence-corrected chi connectivity index (χ3v) is 4.83. The zero-order chi connectivity index (χ0) is 20.3. The van der Waals surface area contributed by atoms with E-state index in [1.165, 1.54) is 11.6 Å². The molecule has 0 aliphatic rings. The molecule has 0 saturated carbocycles. The minimum absolute atomic E-state index is 0.197. The van der Waals surface area contributed by atoms with Crippen molar-refractivity contribution in [2.45, 2.75) is 20.3 Å². The van der Waals surface area contributed by atoms with Crippen molar-refractivity contribution in [1.82, 2.24) is 9.47 Å². The van der Waals surface area contributed by atoms with E-state index in [2.05, 4.69) is 10.2 Å². The number of nitrogens with one attached hydrogen (secondary N) is 1. The van der Waals surface area contributed by atoms with Crippen molar-refractivity contribution >= 4 is 11.6 Å². The van der Waals surface area contributed by atoms with Crippen LogP contribution in [0.15, 0.2) is 54.6 Å². The molecule has 1 heterocycles. The lowest BCUT2D eigenvalue weighted by Crippen LogP contribution is -2.15. The van der Waals surface area contributed by atoms with Gasteiger partial charge in [0, 0.05) is 23.6 Å². The topological polar surface area (TPSA) is 37.3 Å². The zero-order valence-electron chi connectivity index (χ0n) is 16.8. The number of carbonyl (C=O) groups is 1. The normalized spacial score (nSPS) is 11.1. The highest BCUT2D eigenvalue weighted by atomic mass is 19.1. The molecule has 2 aromatic carbocycles. The van der Waals surface area contributed by atoms with Crippen molar-refractivity contribution in [1.29, 1.82) is 0 Å². The lowest BCUT2D eigenvalue weighted by atomic mass is 10.1. The van der Waals surface area contributed by atoms with Gasteiger partial charge in [-0.25, -0.2) is 4.39 Å². The van der Waals surface area contributed by atoms with Crippen molar-refractivity contribution in [3.63, 3.8) is 0 Å². The molecule has 146 valence electrons. The van der Waals surface area contributed by atoms with Crippen LogP contribution in [0.3, 0.4) is 0 Å². The van der Waals surface area contributed by atoms with E-state index < -0.39 is 0 Å². The van der Waals surface area contributed by atoms with Crippen LogP contribution in [-0.2, 0) is 6.42 Å². The average Bonchev–Trinajstić information content (AvgIpc) is 2.96. The van der Waals surface area contributed by atoms with Crippen LogP contribution in [0.25, 0.3) is 5.69 Å². The molecule has 3 aromatic rings. The second-order valence-electron chi connectivity index (χ2n) is 7.28. The molecule has 3 rings (SSSR count). The van der Waals surface area contributed by atoms with E-state index in [0.717, 1.165) is 24.3 Å². The summed E-state index contributed by atoms with van der Waals surface area (Å²) in [7, 11) is 4.10. The summed E-state index contributed by atoms with van der Waals surface area (Å²) in [6.45, 7) is 4.68. The van der Waals surface area contributed by atoms with Gasteiger partial charge < -0.3 is 14.8 Å². The van der Waals surface area contributed by atoms with Crippen molar-refractivity contribution in [2.24, 2.45) is 0 Å². The summed E-state index contributed by atoms with van der Waals surface area (Å²) in [5.41, 5.74) is 4.48. The van der Waals surface area contributed by atoms with Gasteiger partial charge in [0.1, 0.15) is 5.82 Å². The van der Waals surface area contributed by atoms with Crippen molar-refractivity contribution in [2.75, 3.05) is 26.0 Å². The number of carbonyl (C=O) groups excluding carboxylic acids is 1. The number of nitrogens with zero attached hydrogens (tertiary/aromatic N) is 2. The first-order chi connectivity index (χ1) is 13.4. The zero-order valence-corrected chi connectivity index (χ0v) is 16.8. The van der Waals surface area contributed by atoms with Gasteiger partial charge in [-0.2, -0.15) is 0 Å². The molecule has 0 aliphatic heterocycles. The number of amides is 1. The maximum Gasteiger partial charge on any atom is 0.257 e. The van der Waals surface area contributed by atoms with Gasteiger partial charge in [-0.1, -0.05) is 24.3 Å². The molecule has 0 radical (unpaired) electrons. The molecule has 0 aliphatic carbocycles. The Bertz CT molecular complexity index is 974. The number of hydrogen-bond acceptors (Lipinski definition) is 2. The van der Waals surface area contributed by atoms with Gasteiger partial charge in [0.25, 0.3) is 5.91 Å². The van der Waals surface area contributed by atoms with Crippen LogP contribution in [0.4, 0.5) is 10.1 Å². The average molecular weight is 379 g/mol. The van der Waals surface area contributed by atoms with Crippen LogP contribution in [-0.4, -0.2) is 36.0 Å². The molecular weight excluding hydrogens is 353 g/mol. The third-order valence-electron chi connectivity index (χ3n) is 4.83. The minimum Gasteiger partial charge on any atom is -0.322 e. The van der Waals surface area contributed by atoms with Crippen molar-refractivity contribution in [3.8, 4) is 5.69 Å². The number of likely N-dealkylation sites (N-methyl/N-ethyl adjacent to an activating group) is 1. The lowest BCUT2D eigenvalue weighted by molar-refractivity contribution is 0.102. The number of hydrogen-bond donors (Lipinski definition) is 1. The van der Waals surface area contributed by atoms with E-state index in [1.807, 2.05) is 52.2 Å². The fourth-order valence-electron chi connectivity index (χ4n) is 3.30. The SMILES string of the molecule is Cc1cc(C(=O)Nc2ccc(CCN(C)C)cc2)c(C)n1-c1ccccc1F. The molecule has 28 heavy (non-hydrogen) atoms. The summed E-state index contributed by atoms with van der Waals surface area (Å²) in [4.78, 5) is 14.9. The molecule has 1 aromatic heterocycles. The van der Waals surface area contributed by atoms with E-state index >= 15 is 0 Å². The largest absolute Gasteiger partial charge is 0.322 e. The fourth-order valence-corrected chi connectivity index (χ4v) is 3.30. The van der Waals surface area contributed by atoms with Gasteiger partial charge in [-0.05, 0) is 70.3 Å². The first kappa shape index (κ1) is 19.8. The van der Waals surface area contributed by atoms with Crippen LogP contribution in [0.5, 0.6) is 0 Å². The molecule has 1 N–H and O–H groups in total. The second kappa shape index (κ2) is 8.40. The van der Waals surface area contributed by atoms with E-state index in [0.29, 0.717) is 16.9 Å². The van der Waals surface area contributed by atoms with E-state index in [4.69, 9.17) is 0 Å². The Morgan fingerprint density at radius 2 is 1.75 bits per heavy atom. The number of benzene rings is 2.